The molecule has 0 bridgehead atoms. The fourth-order valence-corrected chi connectivity index (χ4v) is 2.64. The van der Waals surface area contributed by atoms with E-state index in [0.717, 1.165) is 11.1 Å². The molecule has 3 rings (SSSR count). The Bertz CT molecular complexity index is 910. The predicted octanol–water partition coefficient (Wildman–Crippen LogP) is 4.82. The van der Waals surface area contributed by atoms with Gasteiger partial charge in [0.2, 0.25) is 0 Å². The Morgan fingerprint density at radius 2 is 1.85 bits per heavy atom. The molecule has 0 spiro atoms. The molecule has 3 aromatic rings. The second-order valence-electron chi connectivity index (χ2n) is 5.33. The van der Waals surface area contributed by atoms with E-state index in [1.54, 1.807) is 18.2 Å². The quantitative estimate of drug-likeness (QED) is 0.649. The number of benzene rings is 2. The second kappa shape index (κ2) is 8.12. The maximum atomic E-state index is 10.6. The van der Waals surface area contributed by atoms with Gasteiger partial charge in [-0.1, -0.05) is 34.4 Å². The van der Waals surface area contributed by atoms with Gasteiger partial charge in [-0.15, -0.1) is 0 Å². The first-order chi connectivity index (χ1) is 12.5. The highest BCUT2D eigenvalue weighted by molar-refractivity contribution is 6.35. The van der Waals surface area contributed by atoms with Crippen LogP contribution in [0.2, 0.25) is 10.0 Å². The SMILES string of the molecule is NC(=O)OCc1cc(-c2ccc(OCc3ccc(Cl)cc3Cl)cc2)no1. The highest BCUT2D eigenvalue weighted by Crippen LogP contribution is 2.25. The maximum Gasteiger partial charge on any atom is 0.404 e. The van der Waals surface area contributed by atoms with Crippen molar-refractivity contribution in [3.63, 3.8) is 0 Å². The number of nitrogens with two attached hydrogens (primary N) is 1. The van der Waals surface area contributed by atoms with E-state index in [-0.39, 0.29) is 6.61 Å². The third-order valence-electron chi connectivity index (χ3n) is 3.48. The van der Waals surface area contributed by atoms with E-state index in [4.69, 9.17) is 38.2 Å². The standard InChI is InChI=1S/C18H14Cl2N2O4/c19-13-4-1-12(16(20)7-13)9-24-14-5-2-11(3-6-14)17-8-15(26-22-17)10-25-18(21)23/h1-8H,9-10H2,(H2,21,23). The zero-order chi connectivity index (χ0) is 18.5. The van der Waals surface area contributed by atoms with Crippen LogP contribution in [0, 0.1) is 0 Å². The van der Waals surface area contributed by atoms with Gasteiger partial charge < -0.3 is 19.7 Å². The molecular formula is C18H14Cl2N2O4. The second-order valence-corrected chi connectivity index (χ2v) is 6.18. The normalized spacial score (nSPS) is 10.5. The van der Waals surface area contributed by atoms with E-state index >= 15 is 0 Å². The first-order valence-corrected chi connectivity index (χ1v) is 8.32. The molecule has 0 saturated heterocycles. The van der Waals surface area contributed by atoms with Crippen LogP contribution >= 0.6 is 23.2 Å². The van der Waals surface area contributed by atoms with Crippen LogP contribution in [0.15, 0.2) is 53.1 Å². The summed E-state index contributed by atoms with van der Waals surface area (Å²) in [6.45, 7) is 0.263. The number of aromatic nitrogens is 1. The van der Waals surface area contributed by atoms with E-state index in [9.17, 15) is 4.79 Å². The fourth-order valence-electron chi connectivity index (χ4n) is 2.18. The summed E-state index contributed by atoms with van der Waals surface area (Å²) in [5, 5.41) is 5.07. The zero-order valence-corrected chi connectivity index (χ0v) is 15.0. The Morgan fingerprint density at radius 1 is 1.08 bits per heavy atom. The molecule has 0 aliphatic rings. The summed E-state index contributed by atoms with van der Waals surface area (Å²) < 4.78 is 15.5. The highest BCUT2D eigenvalue weighted by atomic mass is 35.5. The first-order valence-electron chi connectivity index (χ1n) is 7.56. The van der Waals surface area contributed by atoms with Crippen molar-refractivity contribution in [3.05, 3.63) is 69.9 Å². The molecule has 1 amide bonds. The Kier molecular flexibility index (Phi) is 5.65. The Hall–Kier alpha value is -2.70. The van der Waals surface area contributed by atoms with Crippen molar-refractivity contribution in [3.8, 4) is 17.0 Å². The molecule has 0 fully saturated rings. The number of carbonyl (C=O) groups excluding carboxylic acids is 1. The van der Waals surface area contributed by atoms with Crippen LogP contribution in [0.5, 0.6) is 5.75 Å². The third kappa shape index (κ3) is 4.68. The largest absolute Gasteiger partial charge is 0.489 e. The number of hydrogen-bond acceptors (Lipinski definition) is 5. The number of nitrogens with zero attached hydrogens (tertiary/aromatic N) is 1. The van der Waals surface area contributed by atoms with Crippen LogP contribution in [0.25, 0.3) is 11.3 Å². The van der Waals surface area contributed by atoms with Crippen LogP contribution in [0.3, 0.4) is 0 Å². The lowest BCUT2D eigenvalue weighted by atomic mass is 10.1. The van der Waals surface area contributed by atoms with Crippen molar-refractivity contribution in [2.45, 2.75) is 13.2 Å². The number of rotatable bonds is 6. The molecule has 0 radical (unpaired) electrons. The molecule has 0 unspecified atom stereocenters. The summed E-state index contributed by atoms with van der Waals surface area (Å²) in [7, 11) is 0. The molecule has 0 saturated carbocycles. The van der Waals surface area contributed by atoms with Crippen LogP contribution < -0.4 is 10.5 Å². The molecule has 2 aromatic carbocycles. The van der Waals surface area contributed by atoms with Gasteiger partial charge in [0.25, 0.3) is 0 Å². The minimum atomic E-state index is -0.870. The number of amides is 1. The zero-order valence-electron chi connectivity index (χ0n) is 13.4. The summed E-state index contributed by atoms with van der Waals surface area (Å²) >= 11 is 12.0. The van der Waals surface area contributed by atoms with E-state index < -0.39 is 6.09 Å². The van der Waals surface area contributed by atoms with Gasteiger partial charge in [0.1, 0.15) is 18.1 Å². The average molecular weight is 393 g/mol. The van der Waals surface area contributed by atoms with Crippen molar-refractivity contribution in [2.75, 3.05) is 0 Å². The van der Waals surface area contributed by atoms with Crippen LogP contribution in [0.1, 0.15) is 11.3 Å². The molecule has 134 valence electrons. The Balaban J connectivity index is 1.62. The highest BCUT2D eigenvalue weighted by Gasteiger charge is 2.09. The van der Waals surface area contributed by atoms with Gasteiger partial charge in [-0.3, -0.25) is 0 Å². The van der Waals surface area contributed by atoms with Crippen LogP contribution in [-0.2, 0) is 18.0 Å². The lowest BCUT2D eigenvalue weighted by molar-refractivity contribution is 0.137. The minimum Gasteiger partial charge on any atom is -0.489 e. The fraction of sp³-hybridized carbons (Fsp3) is 0.111. The Labute approximate surface area is 159 Å². The average Bonchev–Trinajstić information content (AvgIpc) is 3.09. The molecule has 1 heterocycles. The van der Waals surface area contributed by atoms with E-state index in [1.807, 2.05) is 30.3 Å². The summed E-state index contributed by atoms with van der Waals surface area (Å²) in [4.78, 5) is 10.6. The van der Waals surface area contributed by atoms with Gasteiger partial charge in [-0.25, -0.2) is 4.79 Å². The number of halogens is 2. The lowest BCUT2D eigenvalue weighted by Crippen LogP contribution is -2.12. The monoisotopic (exact) mass is 392 g/mol. The summed E-state index contributed by atoms with van der Waals surface area (Å²) in [5.41, 5.74) is 7.19. The number of carbonyl (C=O) groups is 1. The van der Waals surface area contributed by atoms with Crippen molar-refractivity contribution < 1.29 is 18.8 Å². The molecule has 2 N–H and O–H groups in total. The van der Waals surface area contributed by atoms with Gasteiger partial charge in [0.15, 0.2) is 12.4 Å². The van der Waals surface area contributed by atoms with Gasteiger partial charge in [0, 0.05) is 27.2 Å². The first kappa shape index (κ1) is 18.1. The topological polar surface area (TPSA) is 87.6 Å². The van der Waals surface area contributed by atoms with Crippen LogP contribution in [0.4, 0.5) is 4.79 Å². The molecular weight excluding hydrogens is 379 g/mol. The molecule has 8 heteroatoms. The van der Waals surface area contributed by atoms with Gasteiger partial charge in [-0.2, -0.15) is 0 Å². The number of ether oxygens (including phenoxy) is 2. The molecule has 0 aliphatic heterocycles. The molecule has 1 aromatic heterocycles. The van der Waals surface area contributed by atoms with E-state index in [0.29, 0.717) is 33.9 Å². The van der Waals surface area contributed by atoms with E-state index in [2.05, 4.69) is 9.89 Å². The maximum absolute atomic E-state index is 10.6. The molecule has 26 heavy (non-hydrogen) atoms. The van der Waals surface area contributed by atoms with Crippen molar-refractivity contribution in [1.29, 1.82) is 0 Å². The van der Waals surface area contributed by atoms with Crippen molar-refractivity contribution in [2.24, 2.45) is 5.73 Å². The van der Waals surface area contributed by atoms with Crippen molar-refractivity contribution >= 4 is 29.3 Å². The number of hydrogen-bond donors (Lipinski definition) is 1. The molecule has 6 nitrogen and oxygen atoms in total. The Morgan fingerprint density at radius 3 is 2.54 bits per heavy atom. The molecule has 0 aliphatic carbocycles. The van der Waals surface area contributed by atoms with Gasteiger partial charge in [-0.05, 0) is 36.4 Å². The van der Waals surface area contributed by atoms with Gasteiger partial charge in [0.05, 0.1) is 0 Å². The van der Waals surface area contributed by atoms with Crippen LogP contribution in [-0.4, -0.2) is 11.2 Å². The lowest BCUT2D eigenvalue weighted by Gasteiger charge is -2.08. The van der Waals surface area contributed by atoms with Gasteiger partial charge >= 0.3 is 6.09 Å². The summed E-state index contributed by atoms with van der Waals surface area (Å²) in [6, 6.07) is 14.2. The summed E-state index contributed by atoms with van der Waals surface area (Å²) in [6.07, 6.45) is -0.870. The number of primary amides is 1. The minimum absolute atomic E-state index is 0.0641. The summed E-state index contributed by atoms with van der Waals surface area (Å²) in [5.74, 6) is 1.08. The third-order valence-corrected chi connectivity index (χ3v) is 4.06. The molecule has 0 atom stereocenters. The van der Waals surface area contributed by atoms with E-state index in [1.165, 1.54) is 0 Å². The smallest absolute Gasteiger partial charge is 0.404 e. The van der Waals surface area contributed by atoms with Crippen molar-refractivity contribution in [1.82, 2.24) is 5.16 Å². The predicted molar refractivity (Wildman–Crippen MR) is 97.1 cm³/mol.